The van der Waals surface area contributed by atoms with Crippen LogP contribution in [-0.4, -0.2) is 18.6 Å². The number of nitrogens with one attached hydrogen (secondary N) is 1. The maximum atomic E-state index is 4.98. The van der Waals surface area contributed by atoms with Crippen LogP contribution in [0.3, 0.4) is 0 Å². The summed E-state index contributed by atoms with van der Waals surface area (Å²) in [7, 11) is 0. The molecule has 80 valence electrons. The fourth-order valence-electron chi connectivity index (χ4n) is 1.30. The van der Waals surface area contributed by atoms with Gasteiger partial charge in [0.05, 0.1) is 12.5 Å². The van der Waals surface area contributed by atoms with Crippen molar-refractivity contribution in [2.75, 3.05) is 18.6 Å². The first-order chi connectivity index (χ1) is 6.93. The number of rotatable bonds is 8. The largest absolute Gasteiger partial charge is 0.472 e. The quantitative estimate of drug-likeness (QED) is 0.672. The van der Waals surface area contributed by atoms with E-state index in [9.17, 15) is 0 Å². The molecule has 0 fully saturated rings. The molecule has 1 rings (SSSR count). The third kappa shape index (κ3) is 5.35. The van der Waals surface area contributed by atoms with Gasteiger partial charge in [0.1, 0.15) is 0 Å². The molecule has 0 saturated heterocycles. The Morgan fingerprint density at radius 1 is 1.36 bits per heavy atom. The molecule has 1 heterocycles. The molecule has 14 heavy (non-hydrogen) atoms. The zero-order valence-electron chi connectivity index (χ0n) is 8.79. The first-order valence-corrected chi connectivity index (χ1v) is 6.53. The van der Waals surface area contributed by atoms with Crippen LogP contribution in [0.25, 0.3) is 0 Å². The highest BCUT2D eigenvalue weighted by Crippen LogP contribution is 2.02. The Balaban J connectivity index is 1.85. The summed E-state index contributed by atoms with van der Waals surface area (Å²) in [6, 6.07) is 2.00. The van der Waals surface area contributed by atoms with Crippen molar-refractivity contribution in [3.63, 3.8) is 0 Å². The molecule has 1 N–H and O–H groups in total. The molecule has 0 amide bonds. The molecular formula is C11H19NOS. The Morgan fingerprint density at radius 2 is 2.29 bits per heavy atom. The monoisotopic (exact) mass is 213 g/mol. The highest BCUT2D eigenvalue weighted by molar-refractivity contribution is 7.98. The maximum absolute atomic E-state index is 4.98. The summed E-state index contributed by atoms with van der Waals surface area (Å²) in [4.78, 5) is 0. The third-order valence-electron chi connectivity index (χ3n) is 2.11. The van der Waals surface area contributed by atoms with Crippen LogP contribution in [0.15, 0.2) is 23.0 Å². The summed E-state index contributed by atoms with van der Waals surface area (Å²) in [6.07, 6.45) is 9.62. The molecule has 0 aromatic carbocycles. The maximum Gasteiger partial charge on any atom is 0.0947 e. The molecule has 1 aromatic heterocycles. The number of hydrogen-bond acceptors (Lipinski definition) is 3. The first-order valence-electron chi connectivity index (χ1n) is 5.14. The van der Waals surface area contributed by atoms with E-state index in [1.807, 2.05) is 17.8 Å². The number of unbranched alkanes of at least 4 members (excludes halogenated alkanes) is 2. The Hall–Kier alpha value is -0.410. The summed E-state index contributed by atoms with van der Waals surface area (Å²) >= 11 is 1.93. The Bertz CT molecular complexity index is 211. The van der Waals surface area contributed by atoms with Gasteiger partial charge in [-0.25, -0.2) is 0 Å². The predicted molar refractivity (Wildman–Crippen MR) is 62.6 cm³/mol. The second-order valence-corrected chi connectivity index (χ2v) is 4.35. The van der Waals surface area contributed by atoms with E-state index in [1.165, 1.54) is 30.6 Å². The zero-order chi connectivity index (χ0) is 10.1. The van der Waals surface area contributed by atoms with Crippen LogP contribution in [0.1, 0.15) is 24.8 Å². The van der Waals surface area contributed by atoms with E-state index < -0.39 is 0 Å². The summed E-state index contributed by atoms with van der Waals surface area (Å²) in [6.45, 7) is 2.04. The lowest BCUT2D eigenvalue weighted by atomic mass is 10.2. The third-order valence-corrected chi connectivity index (χ3v) is 2.81. The molecule has 0 aliphatic heterocycles. The SMILES string of the molecule is CSCCCCCNCc1ccoc1. The van der Waals surface area contributed by atoms with Gasteiger partial charge in [-0.05, 0) is 37.5 Å². The second kappa shape index (κ2) is 7.94. The van der Waals surface area contributed by atoms with Gasteiger partial charge in [-0.1, -0.05) is 6.42 Å². The van der Waals surface area contributed by atoms with Crippen molar-refractivity contribution in [2.24, 2.45) is 0 Å². The van der Waals surface area contributed by atoms with Gasteiger partial charge in [0.25, 0.3) is 0 Å². The molecule has 1 aromatic rings. The zero-order valence-corrected chi connectivity index (χ0v) is 9.61. The Kier molecular flexibility index (Phi) is 6.62. The van der Waals surface area contributed by atoms with Gasteiger partial charge >= 0.3 is 0 Å². The van der Waals surface area contributed by atoms with E-state index in [2.05, 4.69) is 11.6 Å². The Labute approximate surface area is 90.5 Å². The van der Waals surface area contributed by atoms with Gasteiger partial charge in [-0.2, -0.15) is 11.8 Å². The van der Waals surface area contributed by atoms with Crippen molar-refractivity contribution >= 4 is 11.8 Å². The van der Waals surface area contributed by atoms with Gasteiger partial charge in [0.15, 0.2) is 0 Å². The van der Waals surface area contributed by atoms with E-state index in [0.29, 0.717) is 0 Å². The van der Waals surface area contributed by atoms with Gasteiger partial charge < -0.3 is 9.73 Å². The molecule has 3 heteroatoms. The first kappa shape index (κ1) is 11.7. The lowest BCUT2D eigenvalue weighted by molar-refractivity contribution is 0.558. The molecule has 0 saturated carbocycles. The van der Waals surface area contributed by atoms with Gasteiger partial charge in [-0.3, -0.25) is 0 Å². The van der Waals surface area contributed by atoms with E-state index in [0.717, 1.165) is 13.1 Å². The summed E-state index contributed by atoms with van der Waals surface area (Å²) in [5, 5.41) is 3.40. The molecule has 2 nitrogen and oxygen atoms in total. The summed E-state index contributed by atoms with van der Waals surface area (Å²) in [5.74, 6) is 1.29. The fraction of sp³-hybridized carbons (Fsp3) is 0.636. The minimum atomic E-state index is 0.930. The predicted octanol–water partition coefficient (Wildman–Crippen LogP) is 2.90. The van der Waals surface area contributed by atoms with E-state index in [-0.39, 0.29) is 0 Å². The lowest BCUT2D eigenvalue weighted by Crippen LogP contribution is -2.14. The molecular weight excluding hydrogens is 194 g/mol. The topological polar surface area (TPSA) is 25.2 Å². The molecule has 0 unspecified atom stereocenters. The van der Waals surface area contributed by atoms with Gasteiger partial charge in [0, 0.05) is 12.1 Å². The van der Waals surface area contributed by atoms with Crippen LogP contribution in [0.2, 0.25) is 0 Å². The molecule has 0 bridgehead atoms. The minimum Gasteiger partial charge on any atom is -0.472 e. The average Bonchev–Trinajstić information content (AvgIpc) is 2.69. The normalized spacial score (nSPS) is 10.6. The van der Waals surface area contributed by atoms with Crippen LogP contribution >= 0.6 is 11.8 Å². The van der Waals surface area contributed by atoms with Crippen LogP contribution in [0.4, 0.5) is 0 Å². The molecule has 0 aliphatic carbocycles. The number of furan rings is 1. The van der Waals surface area contributed by atoms with E-state index >= 15 is 0 Å². The van der Waals surface area contributed by atoms with Crippen molar-refractivity contribution in [3.8, 4) is 0 Å². The minimum absolute atomic E-state index is 0.930. The van der Waals surface area contributed by atoms with Crippen molar-refractivity contribution in [1.82, 2.24) is 5.32 Å². The van der Waals surface area contributed by atoms with Crippen LogP contribution in [0.5, 0.6) is 0 Å². The van der Waals surface area contributed by atoms with Gasteiger partial charge in [-0.15, -0.1) is 0 Å². The van der Waals surface area contributed by atoms with E-state index in [4.69, 9.17) is 4.42 Å². The number of thioether (sulfide) groups is 1. The number of hydrogen-bond donors (Lipinski definition) is 1. The van der Waals surface area contributed by atoms with E-state index in [1.54, 1.807) is 12.5 Å². The van der Waals surface area contributed by atoms with Crippen molar-refractivity contribution < 1.29 is 4.42 Å². The summed E-state index contributed by atoms with van der Waals surface area (Å²) < 4.78 is 4.98. The van der Waals surface area contributed by atoms with Crippen molar-refractivity contribution in [3.05, 3.63) is 24.2 Å². The lowest BCUT2D eigenvalue weighted by Gasteiger charge is -2.02. The highest BCUT2D eigenvalue weighted by atomic mass is 32.2. The molecule has 0 radical (unpaired) electrons. The second-order valence-electron chi connectivity index (χ2n) is 3.36. The van der Waals surface area contributed by atoms with Crippen molar-refractivity contribution in [2.45, 2.75) is 25.8 Å². The van der Waals surface area contributed by atoms with Gasteiger partial charge in [0.2, 0.25) is 0 Å². The summed E-state index contributed by atoms with van der Waals surface area (Å²) in [5.41, 5.74) is 1.23. The average molecular weight is 213 g/mol. The fourth-order valence-corrected chi connectivity index (χ4v) is 1.79. The van der Waals surface area contributed by atoms with Crippen LogP contribution in [0, 0.1) is 0 Å². The van der Waals surface area contributed by atoms with Crippen molar-refractivity contribution in [1.29, 1.82) is 0 Å². The van der Waals surface area contributed by atoms with Crippen LogP contribution < -0.4 is 5.32 Å². The highest BCUT2D eigenvalue weighted by Gasteiger charge is 1.93. The molecule has 0 aliphatic rings. The van der Waals surface area contributed by atoms with Crippen LogP contribution in [-0.2, 0) is 6.54 Å². The standard InChI is InChI=1S/C11H19NOS/c1-14-8-4-2-3-6-12-9-11-5-7-13-10-11/h5,7,10,12H,2-4,6,8-9H2,1H3. The smallest absolute Gasteiger partial charge is 0.0947 e. The Morgan fingerprint density at radius 3 is 3.00 bits per heavy atom. The molecule has 0 spiro atoms. The molecule has 0 atom stereocenters.